The van der Waals surface area contributed by atoms with Crippen LogP contribution in [0.2, 0.25) is 0 Å². The third-order valence-electron chi connectivity index (χ3n) is 3.30. The molecule has 0 aromatic heterocycles. The Kier molecular flexibility index (Phi) is 2.21. The number of fused-ring (bicyclic) bond motifs is 1. The van der Waals surface area contributed by atoms with Crippen LogP contribution >= 0.6 is 0 Å². The van der Waals surface area contributed by atoms with Crippen molar-refractivity contribution in [3.05, 3.63) is 0 Å². The molecule has 2 rings (SSSR count). The first-order valence-electron chi connectivity index (χ1n) is 4.82. The van der Waals surface area contributed by atoms with Crippen molar-refractivity contribution in [2.24, 2.45) is 11.8 Å². The van der Waals surface area contributed by atoms with E-state index in [1.54, 1.807) is 4.90 Å². The van der Waals surface area contributed by atoms with Crippen molar-refractivity contribution in [2.45, 2.75) is 18.8 Å². The number of rotatable bonds is 3. The Morgan fingerprint density at radius 2 is 1.86 bits per heavy atom. The Morgan fingerprint density at radius 1 is 1.36 bits per heavy atom. The first kappa shape index (κ1) is 9.83. The second-order valence-electron chi connectivity index (χ2n) is 4.30. The van der Waals surface area contributed by atoms with Crippen LogP contribution in [0.5, 0.6) is 0 Å². The molecule has 0 spiro atoms. The summed E-state index contributed by atoms with van der Waals surface area (Å²) in [4.78, 5) is 11.8. The molecule has 3 nitrogen and oxygen atoms in total. The standard InChI is InChI=1S/C9H13F2NO2/c10-9(11,8(13)14)5-12-3-6-1-2-7(6)4-12/h6-7H,1-5H2,(H,13,14). The van der Waals surface area contributed by atoms with Crippen LogP contribution in [0.25, 0.3) is 0 Å². The van der Waals surface area contributed by atoms with E-state index in [9.17, 15) is 13.6 Å². The first-order valence-corrected chi connectivity index (χ1v) is 4.82. The van der Waals surface area contributed by atoms with Gasteiger partial charge in [0.2, 0.25) is 0 Å². The molecule has 2 atom stereocenters. The number of carboxylic acid groups (broad SMARTS) is 1. The van der Waals surface area contributed by atoms with Crippen LogP contribution in [-0.2, 0) is 4.79 Å². The molecule has 0 bridgehead atoms. The molecule has 2 unspecified atom stereocenters. The molecule has 1 heterocycles. The summed E-state index contributed by atoms with van der Waals surface area (Å²) in [5.41, 5.74) is 0. The molecule has 0 radical (unpaired) electrons. The van der Waals surface area contributed by atoms with E-state index >= 15 is 0 Å². The Labute approximate surface area is 80.7 Å². The van der Waals surface area contributed by atoms with Gasteiger partial charge in [0.25, 0.3) is 0 Å². The zero-order valence-electron chi connectivity index (χ0n) is 7.75. The Bertz CT molecular complexity index is 245. The summed E-state index contributed by atoms with van der Waals surface area (Å²) in [5.74, 6) is -4.53. The number of likely N-dealkylation sites (tertiary alicyclic amines) is 1. The van der Waals surface area contributed by atoms with Gasteiger partial charge in [-0.05, 0) is 24.7 Å². The molecule has 2 fully saturated rings. The summed E-state index contributed by atoms with van der Waals surface area (Å²) in [7, 11) is 0. The summed E-state index contributed by atoms with van der Waals surface area (Å²) in [6.07, 6.45) is 2.22. The summed E-state index contributed by atoms with van der Waals surface area (Å²) in [5, 5.41) is 8.27. The van der Waals surface area contributed by atoms with E-state index in [1.165, 1.54) is 0 Å². The van der Waals surface area contributed by atoms with Gasteiger partial charge < -0.3 is 5.11 Å². The largest absolute Gasteiger partial charge is 0.477 e. The van der Waals surface area contributed by atoms with Crippen molar-refractivity contribution in [1.29, 1.82) is 0 Å². The van der Waals surface area contributed by atoms with E-state index in [4.69, 9.17) is 5.11 Å². The lowest BCUT2D eigenvalue weighted by molar-refractivity contribution is -0.167. The van der Waals surface area contributed by atoms with Gasteiger partial charge in [-0.3, -0.25) is 4.90 Å². The van der Waals surface area contributed by atoms with Gasteiger partial charge in [-0.2, -0.15) is 8.78 Å². The summed E-state index contributed by atoms with van der Waals surface area (Å²) >= 11 is 0. The maximum absolute atomic E-state index is 12.8. The van der Waals surface area contributed by atoms with Crippen molar-refractivity contribution in [3.63, 3.8) is 0 Å². The molecule has 1 saturated heterocycles. The van der Waals surface area contributed by atoms with Crippen LogP contribution in [0.4, 0.5) is 8.78 Å². The van der Waals surface area contributed by atoms with E-state index in [1.807, 2.05) is 0 Å². The van der Waals surface area contributed by atoms with Gasteiger partial charge in [0.05, 0.1) is 6.54 Å². The lowest BCUT2D eigenvalue weighted by atomic mass is 9.77. The molecule has 0 amide bonds. The van der Waals surface area contributed by atoms with Crippen molar-refractivity contribution in [2.75, 3.05) is 19.6 Å². The van der Waals surface area contributed by atoms with Gasteiger partial charge in [-0.25, -0.2) is 4.79 Å². The number of nitrogens with zero attached hydrogens (tertiary/aromatic N) is 1. The third-order valence-corrected chi connectivity index (χ3v) is 3.30. The fraction of sp³-hybridized carbons (Fsp3) is 0.889. The van der Waals surface area contributed by atoms with Crippen molar-refractivity contribution in [3.8, 4) is 0 Å². The molecule has 1 aliphatic carbocycles. The van der Waals surface area contributed by atoms with Gasteiger partial charge in [-0.15, -0.1) is 0 Å². The minimum Gasteiger partial charge on any atom is -0.477 e. The van der Waals surface area contributed by atoms with Crippen LogP contribution in [-0.4, -0.2) is 41.5 Å². The van der Waals surface area contributed by atoms with Gasteiger partial charge in [0, 0.05) is 13.1 Å². The Balaban J connectivity index is 1.89. The summed E-state index contributed by atoms with van der Waals surface area (Å²) in [6.45, 7) is 0.663. The normalized spacial score (nSPS) is 32.4. The molecule has 5 heteroatoms. The quantitative estimate of drug-likeness (QED) is 0.748. The van der Waals surface area contributed by atoms with E-state index in [-0.39, 0.29) is 0 Å². The van der Waals surface area contributed by atoms with E-state index in [0.717, 1.165) is 12.8 Å². The SMILES string of the molecule is O=C(O)C(F)(F)CN1CC2CCC2C1. The van der Waals surface area contributed by atoms with Gasteiger partial charge in [0.1, 0.15) is 0 Å². The number of aliphatic carboxylic acids is 1. The summed E-state index contributed by atoms with van der Waals surface area (Å²) in [6, 6.07) is 0. The first-order chi connectivity index (χ1) is 6.49. The van der Waals surface area contributed by atoms with Crippen LogP contribution in [0.1, 0.15) is 12.8 Å². The number of hydrogen-bond donors (Lipinski definition) is 1. The molecule has 0 aromatic rings. The molecule has 1 saturated carbocycles. The number of hydrogen-bond acceptors (Lipinski definition) is 2. The molecule has 14 heavy (non-hydrogen) atoms. The molecule has 80 valence electrons. The van der Waals surface area contributed by atoms with Crippen molar-refractivity contribution >= 4 is 5.97 Å². The van der Waals surface area contributed by atoms with Crippen molar-refractivity contribution in [1.82, 2.24) is 4.90 Å². The fourth-order valence-corrected chi connectivity index (χ4v) is 2.33. The van der Waals surface area contributed by atoms with E-state index in [0.29, 0.717) is 24.9 Å². The molecule has 0 aromatic carbocycles. The molecule has 1 N–H and O–H groups in total. The maximum atomic E-state index is 12.8. The van der Waals surface area contributed by atoms with Gasteiger partial charge in [0.15, 0.2) is 0 Å². The lowest BCUT2D eigenvalue weighted by Gasteiger charge is -2.28. The van der Waals surface area contributed by atoms with Gasteiger partial charge in [-0.1, -0.05) is 0 Å². The lowest BCUT2D eigenvalue weighted by Crippen LogP contribution is -2.41. The van der Waals surface area contributed by atoms with Crippen LogP contribution < -0.4 is 0 Å². The topological polar surface area (TPSA) is 40.5 Å². The monoisotopic (exact) mass is 205 g/mol. The zero-order chi connectivity index (χ0) is 10.3. The number of halogens is 2. The zero-order valence-corrected chi connectivity index (χ0v) is 7.75. The third kappa shape index (κ3) is 1.61. The average molecular weight is 205 g/mol. The Hall–Kier alpha value is -0.710. The number of carbonyl (C=O) groups is 1. The number of alkyl halides is 2. The minimum absolute atomic E-state index is 0.541. The highest BCUT2D eigenvalue weighted by Gasteiger charge is 2.46. The minimum atomic E-state index is -3.59. The second-order valence-corrected chi connectivity index (χ2v) is 4.30. The molecular formula is C9H13F2NO2. The highest BCUT2D eigenvalue weighted by atomic mass is 19.3. The van der Waals surface area contributed by atoms with E-state index < -0.39 is 18.4 Å². The fourth-order valence-electron chi connectivity index (χ4n) is 2.33. The maximum Gasteiger partial charge on any atom is 0.375 e. The predicted octanol–water partition coefficient (Wildman–Crippen LogP) is 1.05. The van der Waals surface area contributed by atoms with E-state index in [2.05, 4.69) is 0 Å². The van der Waals surface area contributed by atoms with Crippen LogP contribution in [0.3, 0.4) is 0 Å². The smallest absolute Gasteiger partial charge is 0.375 e. The van der Waals surface area contributed by atoms with Gasteiger partial charge >= 0.3 is 11.9 Å². The molecule has 2 aliphatic rings. The molecule has 1 aliphatic heterocycles. The highest BCUT2D eigenvalue weighted by molar-refractivity contribution is 5.75. The van der Waals surface area contributed by atoms with Crippen LogP contribution in [0.15, 0.2) is 0 Å². The number of carboxylic acids is 1. The predicted molar refractivity (Wildman–Crippen MR) is 45.2 cm³/mol. The van der Waals surface area contributed by atoms with Crippen molar-refractivity contribution < 1.29 is 18.7 Å². The molecular weight excluding hydrogens is 192 g/mol. The Morgan fingerprint density at radius 3 is 2.21 bits per heavy atom. The highest BCUT2D eigenvalue weighted by Crippen LogP contribution is 2.40. The van der Waals surface area contributed by atoms with Crippen LogP contribution in [0, 0.1) is 11.8 Å². The average Bonchev–Trinajstić information content (AvgIpc) is 2.30. The summed E-state index contributed by atoms with van der Waals surface area (Å²) < 4.78 is 25.7. The second kappa shape index (κ2) is 3.15.